The van der Waals surface area contributed by atoms with E-state index in [0.29, 0.717) is 18.0 Å². The van der Waals surface area contributed by atoms with Crippen LogP contribution in [0.1, 0.15) is 5.69 Å². The molecule has 96 valence electrons. The number of methoxy groups -OCH3 is 2. The van der Waals surface area contributed by atoms with E-state index in [-0.39, 0.29) is 0 Å². The number of ether oxygens (including phenoxy) is 2. The smallest absolute Gasteiger partial charge is 0.170 e. The molecule has 0 aliphatic carbocycles. The van der Waals surface area contributed by atoms with E-state index in [1.54, 1.807) is 25.6 Å². The minimum absolute atomic E-state index is 0.610. The van der Waals surface area contributed by atoms with Gasteiger partial charge in [0.05, 0.1) is 25.5 Å². The van der Waals surface area contributed by atoms with E-state index in [4.69, 9.17) is 15.2 Å². The molecule has 1 aromatic carbocycles. The van der Waals surface area contributed by atoms with Gasteiger partial charge in [0.25, 0.3) is 0 Å². The predicted molar refractivity (Wildman–Crippen MR) is 73.4 cm³/mol. The first-order valence-electron chi connectivity index (χ1n) is 5.66. The summed E-state index contributed by atoms with van der Waals surface area (Å²) >= 11 is 1.59. The number of thiazole rings is 1. The molecule has 2 N–H and O–H groups in total. The average Bonchev–Trinajstić information content (AvgIpc) is 2.86. The second kappa shape index (κ2) is 5.84. The summed E-state index contributed by atoms with van der Waals surface area (Å²) in [6.07, 6.45) is 0.794. The summed E-state index contributed by atoms with van der Waals surface area (Å²) in [6, 6.07) is 5.78. The van der Waals surface area contributed by atoms with Crippen LogP contribution in [0.3, 0.4) is 0 Å². The zero-order valence-electron chi connectivity index (χ0n) is 10.5. The summed E-state index contributed by atoms with van der Waals surface area (Å²) in [4.78, 5) is 4.56. The lowest BCUT2D eigenvalue weighted by Gasteiger charge is -2.10. The zero-order chi connectivity index (χ0) is 13.0. The van der Waals surface area contributed by atoms with Crippen molar-refractivity contribution < 1.29 is 9.47 Å². The number of benzene rings is 1. The summed E-state index contributed by atoms with van der Waals surface area (Å²) in [5.41, 5.74) is 7.50. The summed E-state index contributed by atoms with van der Waals surface area (Å²) < 4.78 is 10.7. The highest BCUT2D eigenvalue weighted by Crippen LogP contribution is 2.38. The molecule has 0 spiro atoms. The lowest BCUT2D eigenvalue weighted by molar-refractivity contribution is 0.356. The molecule has 1 aromatic heterocycles. The highest BCUT2D eigenvalue weighted by Gasteiger charge is 2.14. The zero-order valence-corrected chi connectivity index (χ0v) is 11.3. The third-order valence-corrected chi connectivity index (χ3v) is 3.51. The summed E-state index contributed by atoms with van der Waals surface area (Å²) in [7, 11) is 3.26. The van der Waals surface area contributed by atoms with Gasteiger partial charge in [0.2, 0.25) is 0 Å². The SMILES string of the molecule is COc1cccc(-c2nc(CCN)cs2)c1OC. The minimum Gasteiger partial charge on any atom is -0.493 e. The van der Waals surface area contributed by atoms with Crippen LogP contribution in [0, 0.1) is 0 Å². The number of aromatic nitrogens is 1. The van der Waals surface area contributed by atoms with Crippen molar-refractivity contribution >= 4 is 11.3 Å². The Kier molecular flexibility index (Phi) is 4.17. The average molecular weight is 264 g/mol. The maximum Gasteiger partial charge on any atom is 0.170 e. The monoisotopic (exact) mass is 264 g/mol. The van der Waals surface area contributed by atoms with Crippen LogP contribution in [-0.4, -0.2) is 25.7 Å². The van der Waals surface area contributed by atoms with Crippen molar-refractivity contribution in [1.82, 2.24) is 4.98 Å². The van der Waals surface area contributed by atoms with Gasteiger partial charge in [-0.1, -0.05) is 6.07 Å². The Hall–Kier alpha value is -1.59. The molecule has 0 amide bonds. The van der Waals surface area contributed by atoms with Gasteiger partial charge < -0.3 is 15.2 Å². The van der Waals surface area contributed by atoms with Gasteiger partial charge >= 0.3 is 0 Å². The fourth-order valence-corrected chi connectivity index (χ4v) is 2.62. The molecule has 0 saturated heterocycles. The fraction of sp³-hybridized carbons (Fsp3) is 0.308. The minimum atomic E-state index is 0.610. The fourth-order valence-electron chi connectivity index (χ4n) is 1.75. The van der Waals surface area contributed by atoms with Crippen LogP contribution in [0.4, 0.5) is 0 Å². The summed E-state index contributed by atoms with van der Waals surface area (Å²) in [6.45, 7) is 0.610. The molecule has 0 bridgehead atoms. The second-order valence-electron chi connectivity index (χ2n) is 3.72. The maximum absolute atomic E-state index is 5.53. The maximum atomic E-state index is 5.53. The topological polar surface area (TPSA) is 57.4 Å². The van der Waals surface area contributed by atoms with E-state index >= 15 is 0 Å². The molecule has 2 rings (SSSR count). The van der Waals surface area contributed by atoms with Gasteiger partial charge in [-0.3, -0.25) is 0 Å². The van der Waals surface area contributed by atoms with Gasteiger partial charge in [-0.15, -0.1) is 11.3 Å². The molecule has 18 heavy (non-hydrogen) atoms. The van der Waals surface area contributed by atoms with E-state index in [1.165, 1.54) is 0 Å². The Bertz CT molecular complexity index is 525. The Morgan fingerprint density at radius 3 is 2.78 bits per heavy atom. The molecule has 0 saturated carbocycles. The van der Waals surface area contributed by atoms with Crippen molar-refractivity contribution in [2.24, 2.45) is 5.73 Å². The van der Waals surface area contributed by atoms with Crippen molar-refractivity contribution in [2.45, 2.75) is 6.42 Å². The molecular weight excluding hydrogens is 248 g/mol. The molecule has 0 fully saturated rings. The molecule has 0 aliphatic rings. The second-order valence-corrected chi connectivity index (χ2v) is 4.58. The van der Waals surface area contributed by atoms with Crippen molar-refractivity contribution in [2.75, 3.05) is 20.8 Å². The number of rotatable bonds is 5. The van der Waals surface area contributed by atoms with Gasteiger partial charge in [0.1, 0.15) is 5.01 Å². The Morgan fingerprint density at radius 2 is 2.11 bits per heavy atom. The van der Waals surface area contributed by atoms with Crippen LogP contribution in [0.15, 0.2) is 23.6 Å². The predicted octanol–water partition coefficient (Wildman–Crippen LogP) is 2.33. The van der Waals surface area contributed by atoms with E-state index in [9.17, 15) is 0 Å². The van der Waals surface area contributed by atoms with Crippen LogP contribution >= 0.6 is 11.3 Å². The van der Waals surface area contributed by atoms with Gasteiger partial charge in [0, 0.05) is 11.8 Å². The molecule has 4 nitrogen and oxygen atoms in total. The lowest BCUT2D eigenvalue weighted by Crippen LogP contribution is -2.02. The molecule has 0 atom stereocenters. The van der Waals surface area contributed by atoms with E-state index in [2.05, 4.69) is 4.98 Å². The first kappa shape index (κ1) is 12.9. The van der Waals surface area contributed by atoms with Crippen molar-refractivity contribution in [3.8, 4) is 22.1 Å². The highest BCUT2D eigenvalue weighted by atomic mass is 32.1. The lowest BCUT2D eigenvalue weighted by atomic mass is 10.2. The van der Waals surface area contributed by atoms with Gasteiger partial charge in [-0.05, 0) is 18.7 Å². The largest absolute Gasteiger partial charge is 0.493 e. The standard InChI is InChI=1S/C13H16N2O2S/c1-16-11-5-3-4-10(12(11)17-2)13-15-9(6-7-14)8-18-13/h3-5,8H,6-7,14H2,1-2H3. The van der Waals surface area contributed by atoms with Gasteiger partial charge in [-0.2, -0.15) is 0 Å². The number of nitrogens with zero attached hydrogens (tertiary/aromatic N) is 1. The normalized spacial score (nSPS) is 10.4. The van der Waals surface area contributed by atoms with Crippen molar-refractivity contribution in [1.29, 1.82) is 0 Å². The van der Waals surface area contributed by atoms with Crippen LogP contribution in [-0.2, 0) is 6.42 Å². The van der Waals surface area contributed by atoms with Crippen LogP contribution in [0.2, 0.25) is 0 Å². The summed E-state index contributed by atoms with van der Waals surface area (Å²) in [5, 5.41) is 2.95. The first-order valence-corrected chi connectivity index (χ1v) is 6.54. The third-order valence-electron chi connectivity index (χ3n) is 2.59. The van der Waals surface area contributed by atoms with Gasteiger partial charge in [-0.25, -0.2) is 4.98 Å². The molecule has 1 heterocycles. The third kappa shape index (κ3) is 2.47. The molecule has 0 unspecified atom stereocenters. The van der Waals surface area contributed by atoms with E-state index in [0.717, 1.165) is 22.7 Å². The number of hydrogen-bond acceptors (Lipinski definition) is 5. The number of para-hydroxylation sites is 1. The van der Waals surface area contributed by atoms with Crippen LogP contribution < -0.4 is 15.2 Å². The Labute approximate surface area is 110 Å². The molecular formula is C13H16N2O2S. The van der Waals surface area contributed by atoms with Crippen molar-refractivity contribution in [3.63, 3.8) is 0 Å². The van der Waals surface area contributed by atoms with Gasteiger partial charge in [0.15, 0.2) is 11.5 Å². The van der Waals surface area contributed by atoms with E-state index < -0.39 is 0 Å². The molecule has 0 radical (unpaired) electrons. The number of hydrogen-bond donors (Lipinski definition) is 1. The van der Waals surface area contributed by atoms with Crippen LogP contribution in [0.5, 0.6) is 11.5 Å². The molecule has 2 aromatic rings. The molecule has 0 aliphatic heterocycles. The summed E-state index contributed by atoms with van der Waals surface area (Å²) in [5.74, 6) is 1.43. The quantitative estimate of drug-likeness (QED) is 0.900. The van der Waals surface area contributed by atoms with Crippen LogP contribution in [0.25, 0.3) is 10.6 Å². The molecule has 5 heteroatoms. The highest BCUT2D eigenvalue weighted by molar-refractivity contribution is 7.13. The Morgan fingerprint density at radius 1 is 1.28 bits per heavy atom. The van der Waals surface area contributed by atoms with Crippen molar-refractivity contribution in [3.05, 3.63) is 29.3 Å². The Balaban J connectivity index is 2.42. The number of nitrogens with two attached hydrogens (primary N) is 1. The van der Waals surface area contributed by atoms with E-state index in [1.807, 2.05) is 23.6 Å². The first-order chi connectivity index (χ1) is 8.80.